The fourth-order valence-corrected chi connectivity index (χ4v) is 4.40. The van der Waals surface area contributed by atoms with Gasteiger partial charge in [-0.2, -0.15) is 0 Å². The molecule has 6 nitrogen and oxygen atoms in total. The maximum absolute atomic E-state index is 13.3. The smallest absolute Gasteiger partial charge is 0.262 e. The second-order valence-corrected chi connectivity index (χ2v) is 8.11. The van der Waals surface area contributed by atoms with Crippen molar-refractivity contribution in [3.05, 3.63) is 59.4 Å². The van der Waals surface area contributed by atoms with Gasteiger partial charge in [0.15, 0.2) is 0 Å². The molecule has 0 radical (unpaired) electrons. The number of sulfonamides is 1. The van der Waals surface area contributed by atoms with Crippen LogP contribution in [-0.2, 0) is 10.0 Å². The van der Waals surface area contributed by atoms with Crippen molar-refractivity contribution >= 4 is 34.0 Å². The van der Waals surface area contributed by atoms with E-state index < -0.39 is 15.8 Å². The van der Waals surface area contributed by atoms with Crippen LogP contribution in [0.3, 0.4) is 0 Å². The van der Waals surface area contributed by atoms with Crippen LogP contribution in [-0.4, -0.2) is 45.4 Å². The molecule has 0 unspecified atom stereocenters. The fourth-order valence-electron chi connectivity index (χ4n) is 3.09. The number of aryl methyl sites for hydroxylation is 1. The Morgan fingerprint density at radius 2 is 1.89 bits per heavy atom. The van der Waals surface area contributed by atoms with Crippen molar-refractivity contribution in [2.75, 3.05) is 30.9 Å². The van der Waals surface area contributed by atoms with Crippen molar-refractivity contribution in [2.45, 2.75) is 18.2 Å². The summed E-state index contributed by atoms with van der Waals surface area (Å²) in [4.78, 5) is 14.6. The summed E-state index contributed by atoms with van der Waals surface area (Å²) in [6.45, 7) is 4.26. The third-order valence-corrected chi connectivity index (χ3v) is 5.98. The van der Waals surface area contributed by atoms with Crippen LogP contribution >= 0.6 is 12.4 Å². The van der Waals surface area contributed by atoms with Crippen molar-refractivity contribution in [1.29, 1.82) is 0 Å². The summed E-state index contributed by atoms with van der Waals surface area (Å²) >= 11 is 0. The zero-order chi connectivity index (χ0) is 19.4. The lowest BCUT2D eigenvalue weighted by atomic mass is 10.1. The summed E-state index contributed by atoms with van der Waals surface area (Å²) in [6.07, 6.45) is 0.842. The van der Waals surface area contributed by atoms with E-state index in [9.17, 15) is 17.6 Å². The number of para-hydroxylation sites is 1. The van der Waals surface area contributed by atoms with Gasteiger partial charge in [0.1, 0.15) is 5.82 Å². The third kappa shape index (κ3) is 5.01. The minimum Gasteiger partial charge on any atom is -0.337 e. The number of hydrogen-bond donors (Lipinski definition) is 2. The first kappa shape index (κ1) is 22.1. The molecule has 1 saturated heterocycles. The van der Waals surface area contributed by atoms with E-state index >= 15 is 0 Å². The van der Waals surface area contributed by atoms with E-state index in [-0.39, 0.29) is 28.9 Å². The van der Waals surface area contributed by atoms with Gasteiger partial charge in [-0.3, -0.25) is 9.52 Å². The molecule has 2 N–H and O–H groups in total. The highest BCUT2D eigenvalue weighted by Gasteiger charge is 2.23. The van der Waals surface area contributed by atoms with Crippen LogP contribution in [0.1, 0.15) is 22.3 Å². The topological polar surface area (TPSA) is 78.5 Å². The molecule has 28 heavy (non-hydrogen) atoms. The first-order valence-corrected chi connectivity index (χ1v) is 10.2. The average Bonchev–Trinajstić information content (AvgIpc) is 2.90. The zero-order valence-corrected chi connectivity index (χ0v) is 17.1. The molecule has 0 saturated carbocycles. The molecule has 152 valence electrons. The number of nitrogens with zero attached hydrogens (tertiary/aromatic N) is 1. The quantitative estimate of drug-likeness (QED) is 0.786. The van der Waals surface area contributed by atoms with E-state index in [0.29, 0.717) is 30.8 Å². The van der Waals surface area contributed by atoms with Crippen LogP contribution in [0, 0.1) is 12.7 Å². The van der Waals surface area contributed by atoms with Crippen molar-refractivity contribution in [3.63, 3.8) is 0 Å². The van der Waals surface area contributed by atoms with Gasteiger partial charge in [0.05, 0.1) is 16.1 Å². The normalized spacial score (nSPS) is 14.7. The van der Waals surface area contributed by atoms with Gasteiger partial charge in [-0.25, -0.2) is 12.8 Å². The van der Waals surface area contributed by atoms with Gasteiger partial charge < -0.3 is 10.2 Å². The minimum atomic E-state index is -3.95. The molecule has 0 spiro atoms. The van der Waals surface area contributed by atoms with Crippen LogP contribution in [0.4, 0.5) is 10.1 Å². The molecule has 1 aliphatic heterocycles. The van der Waals surface area contributed by atoms with Crippen molar-refractivity contribution in [2.24, 2.45) is 0 Å². The molecular formula is C19H23ClFN3O3S. The largest absolute Gasteiger partial charge is 0.337 e. The first-order chi connectivity index (χ1) is 12.9. The van der Waals surface area contributed by atoms with Crippen LogP contribution < -0.4 is 10.0 Å². The van der Waals surface area contributed by atoms with E-state index in [2.05, 4.69) is 10.0 Å². The Morgan fingerprint density at radius 3 is 2.64 bits per heavy atom. The van der Waals surface area contributed by atoms with Gasteiger partial charge in [0.2, 0.25) is 0 Å². The Bertz CT molecular complexity index is 945. The monoisotopic (exact) mass is 427 g/mol. The van der Waals surface area contributed by atoms with Gasteiger partial charge in [-0.05, 0) is 55.8 Å². The van der Waals surface area contributed by atoms with E-state index in [1.165, 1.54) is 13.0 Å². The molecule has 0 bridgehead atoms. The summed E-state index contributed by atoms with van der Waals surface area (Å²) in [5, 5.41) is 3.23. The highest BCUT2D eigenvalue weighted by Crippen LogP contribution is 2.24. The number of nitrogens with one attached hydrogen (secondary N) is 2. The second-order valence-electron chi connectivity index (χ2n) is 6.46. The number of carbonyl (C=O) groups excluding carboxylic acids is 1. The predicted octanol–water partition coefficient (Wildman–Crippen LogP) is 2.79. The van der Waals surface area contributed by atoms with Crippen LogP contribution in [0.2, 0.25) is 0 Å². The Hall–Kier alpha value is -2.16. The van der Waals surface area contributed by atoms with Gasteiger partial charge >= 0.3 is 0 Å². The molecule has 1 aliphatic rings. The number of hydrogen-bond acceptors (Lipinski definition) is 4. The van der Waals surface area contributed by atoms with Gasteiger partial charge in [-0.15, -0.1) is 12.4 Å². The highest BCUT2D eigenvalue weighted by molar-refractivity contribution is 7.92. The number of carbonyl (C=O) groups is 1. The molecule has 3 rings (SSSR count). The van der Waals surface area contributed by atoms with Gasteiger partial charge in [0, 0.05) is 19.6 Å². The molecule has 0 aliphatic carbocycles. The third-order valence-electron chi connectivity index (χ3n) is 4.46. The molecule has 1 fully saturated rings. The maximum atomic E-state index is 13.3. The van der Waals surface area contributed by atoms with Crippen molar-refractivity contribution in [1.82, 2.24) is 10.2 Å². The van der Waals surface area contributed by atoms with Crippen LogP contribution in [0.15, 0.2) is 47.4 Å². The van der Waals surface area contributed by atoms with Crippen LogP contribution in [0.5, 0.6) is 0 Å². The molecule has 0 atom stereocenters. The Morgan fingerprint density at radius 1 is 1.14 bits per heavy atom. The fraction of sp³-hybridized carbons (Fsp3) is 0.316. The summed E-state index contributed by atoms with van der Waals surface area (Å²) in [6, 6.07) is 10.0. The van der Waals surface area contributed by atoms with Gasteiger partial charge in [0.25, 0.3) is 15.9 Å². The van der Waals surface area contributed by atoms with Crippen molar-refractivity contribution < 1.29 is 17.6 Å². The van der Waals surface area contributed by atoms with Gasteiger partial charge in [-0.1, -0.05) is 12.1 Å². The number of benzene rings is 2. The molecule has 2 aromatic carbocycles. The minimum absolute atomic E-state index is 0. The number of amides is 1. The maximum Gasteiger partial charge on any atom is 0.262 e. The zero-order valence-electron chi connectivity index (χ0n) is 15.4. The van der Waals surface area contributed by atoms with E-state index in [4.69, 9.17) is 0 Å². The Balaban J connectivity index is 0.00000280. The highest BCUT2D eigenvalue weighted by atomic mass is 35.5. The van der Waals surface area contributed by atoms with Crippen molar-refractivity contribution in [3.8, 4) is 0 Å². The SMILES string of the molecule is Cc1cc(F)ccc1S(=O)(=O)Nc1ccccc1C(=O)N1CCCNCC1.Cl. The lowest BCUT2D eigenvalue weighted by Crippen LogP contribution is -2.34. The molecule has 2 aromatic rings. The van der Waals surface area contributed by atoms with E-state index in [0.717, 1.165) is 25.1 Å². The van der Waals surface area contributed by atoms with Crippen LogP contribution in [0.25, 0.3) is 0 Å². The summed E-state index contributed by atoms with van der Waals surface area (Å²) < 4.78 is 41.3. The Labute approximate surface area is 170 Å². The number of anilines is 1. The standard InChI is InChI=1S/C19H22FN3O3S.ClH/c1-14-13-15(20)7-8-18(14)27(25,26)22-17-6-3-2-5-16(17)19(24)23-11-4-9-21-10-12-23;/h2-3,5-8,13,21-22H,4,9-12H2,1H3;1H. The number of rotatable bonds is 4. The number of halogens is 2. The predicted molar refractivity (Wildman–Crippen MR) is 109 cm³/mol. The average molecular weight is 428 g/mol. The summed E-state index contributed by atoms with van der Waals surface area (Å²) in [5.74, 6) is -0.718. The molecule has 9 heteroatoms. The molecular weight excluding hydrogens is 405 g/mol. The molecule has 1 amide bonds. The van der Waals surface area contributed by atoms with E-state index in [1.54, 1.807) is 29.2 Å². The lowest BCUT2D eigenvalue weighted by molar-refractivity contribution is 0.0767. The molecule has 0 aromatic heterocycles. The lowest BCUT2D eigenvalue weighted by Gasteiger charge is -2.22. The Kier molecular flexibility index (Phi) is 7.40. The first-order valence-electron chi connectivity index (χ1n) is 8.76. The second kappa shape index (κ2) is 9.36. The summed E-state index contributed by atoms with van der Waals surface area (Å²) in [7, 11) is -3.95. The van der Waals surface area contributed by atoms with E-state index in [1.807, 2.05) is 0 Å². The summed E-state index contributed by atoms with van der Waals surface area (Å²) in [5.41, 5.74) is 0.802. The molecule has 1 heterocycles.